The second kappa shape index (κ2) is 7.55. The highest BCUT2D eigenvalue weighted by Gasteiger charge is 2.25. The Morgan fingerprint density at radius 1 is 1.48 bits per heavy atom. The molecule has 0 aromatic carbocycles. The van der Waals surface area contributed by atoms with Crippen LogP contribution in [-0.4, -0.2) is 58.6 Å². The number of nitrogens with zero attached hydrogens (tertiary/aromatic N) is 3. The van der Waals surface area contributed by atoms with E-state index in [-0.39, 0.29) is 18.7 Å². The summed E-state index contributed by atoms with van der Waals surface area (Å²) in [6.45, 7) is 6.47. The van der Waals surface area contributed by atoms with Gasteiger partial charge in [-0.25, -0.2) is 4.79 Å². The van der Waals surface area contributed by atoms with Crippen LogP contribution in [0.15, 0.2) is 23.3 Å². The fourth-order valence-corrected chi connectivity index (χ4v) is 2.41. The van der Waals surface area contributed by atoms with Crippen LogP contribution < -0.4 is 0 Å². The molecule has 1 unspecified atom stereocenters. The Balaban J connectivity index is 2.02. The highest BCUT2D eigenvalue weighted by molar-refractivity contribution is 5.82. The van der Waals surface area contributed by atoms with Crippen LogP contribution in [0.3, 0.4) is 0 Å². The van der Waals surface area contributed by atoms with Gasteiger partial charge in [0.15, 0.2) is 0 Å². The molecule has 0 saturated heterocycles. The Bertz CT molecular complexity index is 566. The Kier molecular flexibility index (Phi) is 5.71. The third-order valence-corrected chi connectivity index (χ3v) is 3.45. The van der Waals surface area contributed by atoms with Crippen molar-refractivity contribution in [3.63, 3.8) is 0 Å². The third kappa shape index (κ3) is 5.32. The molecular formula is C17H25N3O3. The second-order valence-electron chi connectivity index (χ2n) is 6.68. The van der Waals surface area contributed by atoms with Gasteiger partial charge in [-0.15, -0.1) is 0 Å². The largest absolute Gasteiger partial charge is 0.444 e. The first-order valence-corrected chi connectivity index (χ1v) is 7.95. The molecule has 2 rings (SSSR count). The number of aromatic nitrogens is 1. The summed E-state index contributed by atoms with van der Waals surface area (Å²) in [5.74, 6) is 0. The maximum Gasteiger partial charge on any atom is 0.410 e. The van der Waals surface area contributed by atoms with E-state index in [1.165, 1.54) is 0 Å². The molecule has 0 saturated carbocycles. The standard InChI is InChI=1S/C17H25N3O3/c1-17(2,3)23-16(22)20(8-5-9-21)12-14-10-15-13(11-19-14)6-4-7-18-15/h4,6-7,11,14,21H,5,8-10,12H2,1-3H3. The van der Waals surface area contributed by atoms with E-state index >= 15 is 0 Å². The fourth-order valence-electron chi connectivity index (χ4n) is 2.41. The lowest BCUT2D eigenvalue weighted by Gasteiger charge is -2.30. The van der Waals surface area contributed by atoms with Crippen molar-refractivity contribution in [1.29, 1.82) is 0 Å². The van der Waals surface area contributed by atoms with Crippen molar-refractivity contribution in [2.45, 2.75) is 45.3 Å². The summed E-state index contributed by atoms with van der Waals surface area (Å²) in [5.41, 5.74) is 1.49. The van der Waals surface area contributed by atoms with Gasteiger partial charge in [0.25, 0.3) is 0 Å². The minimum Gasteiger partial charge on any atom is -0.444 e. The van der Waals surface area contributed by atoms with Crippen LogP contribution in [0.25, 0.3) is 0 Å². The molecule has 1 aliphatic rings. The summed E-state index contributed by atoms with van der Waals surface area (Å²) in [4.78, 5) is 22.9. The number of hydrogen-bond acceptors (Lipinski definition) is 5. The predicted octanol–water partition coefficient (Wildman–Crippen LogP) is 2.04. The average Bonchev–Trinajstić information content (AvgIpc) is 2.49. The minimum atomic E-state index is -0.543. The smallest absolute Gasteiger partial charge is 0.410 e. The molecule has 6 nitrogen and oxygen atoms in total. The molecule has 6 heteroatoms. The van der Waals surface area contributed by atoms with Gasteiger partial charge in [-0.1, -0.05) is 6.07 Å². The van der Waals surface area contributed by atoms with Gasteiger partial charge in [-0.2, -0.15) is 0 Å². The Hall–Kier alpha value is -1.95. The molecule has 1 atom stereocenters. The normalized spacial score (nSPS) is 16.8. The van der Waals surface area contributed by atoms with Gasteiger partial charge in [0.2, 0.25) is 0 Å². The highest BCUT2D eigenvalue weighted by Crippen LogP contribution is 2.16. The van der Waals surface area contributed by atoms with Crippen LogP contribution in [0, 0.1) is 0 Å². The molecule has 1 aliphatic heterocycles. The fraction of sp³-hybridized carbons (Fsp3) is 0.588. The van der Waals surface area contributed by atoms with Gasteiger partial charge >= 0.3 is 6.09 Å². The first kappa shape index (κ1) is 17.4. The lowest BCUT2D eigenvalue weighted by molar-refractivity contribution is 0.0229. The van der Waals surface area contributed by atoms with Gasteiger partial charge < -0.3 is 14.7 Å². The third-order valence-electron chi connectivity index (χ3n) is 3.45. The maximum atomic E-state index is 12.3. The molecule has 0 spiro atoms. The number of aliphatic imine (C=N–C) groups is 1. The number of aliphatic hydroxyl groups excluding tert-OH is 1. The summed E-state index contributed by atoms with van der Waals surface area (Å²) in [6, 6.07) is 3.84. The van der Waals surface area contributed by atoms with Crippen LogP contribution in [0.4, 0.5) is 4.79 Å². The Morgan fingerprint density at radius 3 is 2.96 bits per heavy atom. The van der Waals surface area contributed by atoms with Crippen LogP contribution in [-0.2, 0) is 11.2 Å². The van der Waals surface area contributed by atoms with Crippen LogP contribution in [0.5, 0.6) is 0 Å². The molecule has 23 heavy (non-hydrogen) atoms. The average molecular weight is 319 g/mol. The number of rotatable bonds is 5. The monoisotopic (exact) mass is 319 g/mol. The lowest BCUT2D eigenvalue weighted by Crippen LogP contribution is -2.42. The molecule has 0 aliphatic carbocycles. The molecular weight excluding hydrogens is 294 g/mol. The van der Waals surface area contributed by atoms with Crippen molar-refractivity contribution in [2.24, 2.45) is 4.99 Å². The summed E-state index contributed by atoms with van der Waals surface area (Å²) < 4.78 is 5.45. The second-order valence-corrected chi connectivity index (χ2v) is 6.68. The van der Waals surface area contributed by atoms with Gasteiger partial charge in [-0.3, -0.25) is 9.98 Å². The van der Waals surface area contributed by atoms with E-state index in [9.17, 15) is 4.79 Å². The van der Waals surface area contributed by atoms with E-state index in [0.717, 1.165) is 11.3 Å². The summed E-state index contributed by atoms with van der Waals surface area (Å²) in [6.07, 6.45) is 4.44. The van der Waals surface area contributed by atoms with E-state index < -0.39 is 5.60 Å². The summed E-state index contributed by atoms with van der Waals surface area (Å²) in [7, 11) is 0. The zero-order valence-electron chi connectivity index (χ0n) is 14.0. The molecule has 0 bridgehead atoms. The van der Waals surface area contributed by atoms with E-state index in [2.05, 4.69) is 9.98 Å². The predicted molar refractivity (Wildman–Crippen MR) is 88.8 cm³/mol. The molecule has 2 heterocycles. The number of aliphatic hydroxyl groups is 1. The van der Waals surface area contributed by atoms with Crippen LogP contribution in [0.1, 0.15) is 38.4 Å². The summed E-state index contributed by atoms with van der Waals surface area (Å²) in [5, 5.41) is 9.05. The number of hydrogen-bond donors (Lipinski definition) is 1. The summed E-state index contributed by atoms with van der Waals surface area (Å²) >= 11 is 0. The highest BCUT2D eigenvalue weighted by atomic mass is 16.6. The van der Waals surface area contributed by atoms with E-state index in [1.807, 2.05) is 39.1 Å². The molecule has 0 radical (unpaired) electrons. The van der Waals surface area contributed by atoms with Crippen molar-refractivity contribution < 1.29 is 14.6 Å². The Labute approximate surface area is 137 Å². The molecule has 1 aromatic rings. The molecule has 0 fully saturated rings. The SMILES string of the molecule is CC(C)(C)OC(=O)N(CCCO)CC1Cc2ncccc2C=N1. The molecule has 126 valence electrons. The van der Waals surface area contributed by atoms with Gasteiger partial charge in [0.1, 0.15) is 5.60 Å². The molecule has 1 amide bonds. The van der Waals surface area contributed by atoms with Gasteiger partial charge in [-0.05, 0) is 33.3 Å². The number of fused-ring (bicyclic) bond motifs is 1. The maximum absolute atomic E-state index is 12.3. The van der Waals surface area contributed by atoms with E-state index in [4.69, 9.17) is 9.84 Å². The Morgan fingerprint density at radius 2 is 2.26 bits per heavy atom. The minimum absolute atomic E-state index is 0.0383. The van der Waals surface area contributed by atoms with Gasteiger partial charge in [0.05, 0.1) is 11.7 Å². The number of ether oxygens (including phenoxy) is 1. The van der Waals surface area contributed by atoms with Crippen LogP contribution >= 0.6 is 0 Å². The van der Waals surface area contributed by atoms with Crippen LogP contribution in [0.2, 0.25) is 0 Å². The lowest BCUT2D eigenvalue weighted by atomic mass is 10.0. The van der Waals surface area contributed by atoms with Gasteiger partial charge in [0, 0.05) is 44.1 Å². The number of amides is 1. The van der Waals surface area contributed by atoms with Crippen molar-refractivity contribution in [1.82, 2.24) is 9.88 Å². The van der Waals surface area contributed by atoms with Crippen molar-refractivity contribution >= 4 is 12.3 Å². The molecule has 1 N–H and O–H groups in total. The number of carbonyl (C=O) groups is 1. The topological polar surface area (TPSA) is 75.0 Å². The van der Waals surface area contributed by atoms with E-state index in [0.29, 0.717) is 25.9 Å². The first-order chi connectivity index (χ1) is 10.9. The zero-order chi connectivity index (χ0) is 16.9. The van der Waals surface area contributed by atoms with E-state index in [1.54, 1.807) is 11.1 Å². The van der Waals surface area contributed by atoms with Crippen molar-refractivity contribution in [3.05, 3.63) is 29.6 Å². The van der Waals surface area contributed by atoms with Crippen molar-refractivity contribution in [3.8, 4) is 0 Å². The molecule has 1 aromatic heterocycles. The number of carbonyl (C=O) groups excluding carboxylic acids is 1. The number of pyridine rings is 1. The first-order valence-electron chi connectivity index (χ1n) is 7.95. The van der Waals surface area contributed by atoms with Crippen molar-refractivity contribution in [2.75, 3.05) is 19.7 Å². The zero-order valence-corrected chi connectivity index (χ0v) is 14.0. The quantitative estimate of drug-likeness (QED) is 0.901.